The Labute approximate surface area is 202 Å². The Morgan fingerprint density at radius 3 is 2.89 bits per heavy atom. The summed E-state index contributed by atoms with van der Waals surface area (Å²) in [4.78, 5) is 20.5. The summed E-state index contributed by atoms with van der Waals surface area (Å²) in [6.45, 7) is 6.31. The van der Waals surface area contributed by atoms with E-state index in [1.165, 1.54) is 4.68 Å². The number of benzene rings is 1. The van der Waals surface area contributed by atoms with Crippen molar-refractivity contribution < 1.29 is 19.4 Å². The zero-order valence-corrected chi connectivity index (χ0v) is 20.0. The quantitative estimate of drug-likeness (QED) is 0.421. The van der Waals surface area contributed by atoms with Gasteiger partial charge in [-0.3, -0.25) is 9.48 Å². The standard InChI is InChI=1S/C25H28N6O4/c1-15(2)35-17-7-8-21-18(12-17)24(29-31(21)22-6-4-5-11-34-22)25-26-10-9-20(28-25)19-13-27-30(16(19)3)14-23(32)33/h7-10,12-13,15,22H,4-6,11,14H2,1-3H3,(H,32,33). The zero-order valence-electron chi connectivity index (χ0n) is 20.0. The van der Waals surface area contributed by atoms with Crippen LogP contribution >= 0.6 is 0 Å². The van der Waals surface area contributed by atoms with Crippen LogP contribution in [0.1, 0.15) is 45.0 Å². The van der Waals surface area contributed by atoms with Gasteiger partial charge in [-0.2, -0.15) is 10.2 Å². The summed E-state index contributed by atoms with van der Waals surface area (Å²) in [6, 6.07) is 7.72. The SMILES string of the molecule is Cc1c(-c2ccnc(-c3nn(C4CCCCO4)c4ccc(OC(C)C)cc34)n2)cnn1CC(=O)O. The molecule has 4 heterocycles. The smallest absolute Gasteiger partial charge is 0.325 e. The van der Waals surface area contributed by atoms with Crippen molar-refractivity contribution in [1.82, 2.24) is 29.5 Å². The minimum absolute atomic E-state index is 0.0394. The molecule has 0 radical (unpaired) electrons. The van der Waals surface area contributed by atoms with E-state index in [0.717, 1.165) is 47.2 Å². The van der Waals surface area contributed by atoms with Crippen molar-refractivity contribution in [2.75, 3.05) is 6.61 Å². The van der Waals surface area contributed by atoms with Crippen LogP contribution in [-0.2, 0) is 16.1 Å². The van der Waals surface area contributed by atoms with Crippen LogP contribution in [0, 0.1) is 6.92 Å². The molecule has 10 nitrogen and oxygen atoms in total. The predicted molar refractivity (Wildman–Crippen MR) is 129 cm³/mol. The number of hydrogen-bond acceptors (Lipinski definition) is 7. The molecular weight excluding hydrogens is 448 g/mol. The fraction of sp³-hybridized carbons (Fsp3) is 0.400. The minimum atomic E-state index is -0.951. The third-order valence-electron chi connectivity index (χ3n) is 6.01. The van der Waals surface area contributed by atoms with Crippen LogP contribution in [0.3, 0.4) is 0 Å². The first kappa shape index (κ1) is 23.0. The molecule has 1 aliphatic heterocycles. The lowest BCUT2D eigenvalue weighted by Crippen LogP contribution is -2.19. The first-order chi connectivity index (χ1) is 16.9. The molecule has 0 aliphatic carbocycles. The van der Waals surface area contributed by atoms with Gasteiger partial charge in [0, 0.05) is 29.4 Å². The van der Waals surface area contributed by atoms with Crippen molar-refractivity contribution in [2.45, 2.75) is 58.9 Å². The van der Waals surface area contributed by atoms with Gasteiger partial charge >= 0.3 is 5.97 Å². The van der Waals surface area contributed by atoms with Crippen molar-refractivity contribution >= 4 is 16.9 Å². The van der Waals surface area contributed by atoms with E-state index in [-0.39, 0.29) is 18.9 Å². The van der Waals surface area contributed by atoms with Gasteiger partial charge < -0.3 is 14.6 Å². The third-order valence-corrected chi connectivity index (χ3v) is 6.01. The maximum Gasteiger partial charge on any atom is 0.325 e. The maximum atomic E-state index is 11.1. The average molecular weight is 477 g/mol. The first-order valence-electron chi connectivity index (χ1n) is 11.8. The van der Waals surface area contributed by atoms with E-state index in [9.17, 15) is 4.79 Å². The number of rotatable bonds is 7. The second-order valence-electron chi connectivity index (χ2n) is 8.92. The zero-order chi connectivity index (χ0) is 24.5. The van der Waals surface area contributed by atoms with Gasteiger partial charge in [0.15, 0.2) is 12.1 Å². The Balaban J connectivity index is 1.61. The van der Waals surface area contributed by atoms with Crippen molar-refractivity contribution in [3.63, 3.8) is 0 Å². The molecule has 1 fully saturated rings. The summed E-state index contributed by atoms with van der Waals surface area (Å²) in [6.07, 6.45) is 6.24. The van der Waals surface area contributed by atoms with Gasteiger partial charge in [0.2, 0.25) is 0 Å². The fourth-order valence-corrected chi connectivity index (χ4v) is 4.38. The molecule has 0 bridgehead atoms. The van der Waals surface area contributed by atoms with Crippen LogP contribution in [0.4, 0.5) is 0 Å². The molecule has 10 heteroatoms. The molecule has 0 saturated carbocycles. The normalized spacial score (nSPS) is 16.2. The van der Waals surface area contributed by atoms with Crippen LogP contribution in [0.2, 0.25) is 0 Å². The molecule has 4 aromatic rings. The number of aliphatic carboxylic acids is 1. The van der Waals surface area contributed by atoms with E-state index >= 15 is 0 Å². The Morgan fingerprint density at radius 2 is 2.14 bits per heavy atom. The van der Waals surface area contributed by atoms with Crippen molar-refractivity contribution in [3.8, 4) is 28.5 Å². The molecule has 1 unspecified atom stereocenters. The van der Waals surface area contributed by atoms with Crippen LogP contribution in [0.15, 0.2) is 36.7 Å². The highest BCUT2D eigenvalue weighted by molar-refractivity contribution is 5.93. The number of carboxylic acids is 1. The number of fused-ring (bicyclic) bond motifs is 1. The lowest BCUT2D eigenvalue weighted by atomic mass is 10.1. The van der Waals surface area contributed by atoms with Crippen molar-refractivity contribution in [3.05, 3.63) is 42.4 Å². The van der Waals surface area contributed by atoms with Crippen molar-refractivity contribution in [2.24, 2.45) is 0 Å². The second-order valence-corrected chi connectivity index (χ2v) is 8.92. The van der Waals surface area contributed by atoms with Gasteiger partial charge in [-0.15, -0.1) is 0 Å². The molecule has 1 aliphatic rings. The summed E-state index contributed by atoms with van der Waals surface area (Å²) in [5, 5.41) is 19.1. The number of ether oxygens (including phenoxy) is 2. The topological polar surface area (TPSA) is 117 Å². The van der Waals surface area contributed by atoms with E-state index in [2.05, 4.69) is 10.1 Å². The van der Waals surface area contributed by atoms with E-state index in [4.69, 9.17) is 24.7 Å². The van der Waals surface area contributed by atoms with Crippen molar-refractivity contribution in [1.29, 1.82) is 0 Å². The van der Waals surface area contributed by atoms with E-state index < -0.39 is 5.97 Å². The molecule has 1 atom stereocenters. The summed E-state index contributed by atoms with van der Waals surface area (Å²) >= 11 is 0. The number of carbonyl (C=O) groups is 1. The number of carboxylic acid groups (broad SMARTS) is 1. The number of hydrogen-bond donors (Lipinski definition) is 1. The van der Waals surface area contributed by atoms with E-state index in [1.807, 2.05) is 43.7 Å². The first-order valence-corrected chi connectivity index (χ1v) is 11.8. The minimum Gasteiger partial charge on any atom is -0.491 e. The van der Waals surface area contributed by atoms with Crippen LogP contribution in [0.25, 0.3) is 33.7 Å². The van der Waals surface area contributed by atoms with Gasteiger partial charge in [-0.25, -0.2) is 14.6 Å². The molecule has 0 amide bonds. The Hall–Kier alpha value is -3.79. The van der Waals surface area contributed by atoms with Gasteiger partial charge in [-0.1, -0.05) is 0 Å². The van der Waals surface area contributed by atoms with Crippen LogP contribution in [0.5, 0.6) is 5.75 Å². The molecule has 1 N–H and O–H groups in total. The lowest BCUT2D eigenvalue weighted by molar-refractivity contribution is -0.137. The van der Waals surface area contributed by atoms with Crippen LogP contribution in [-0.4, -0.2) is 53.3 Å². The monoisotopic (exact) mass is 476 g/mol. The largest absolute Gasteiger partial charge is 0.491 e. The van der Waals surface area contributed by atoms with Crippen LogP contribution < -0.4 is 4.74 Å². The fourth-order valence-electron chi connectivity index (χ4n) is 4.38. The highest BCUT2D eigenvalue weighted by Crippen LogP contribution is 2.34. The highest BCUT2D eigenvalue weighted by atomic mass is 16.5. The second kappa shape index (κ2) is 9.46. The van der Waals surface area contributed by atoms with E-state index in [1.54, 1.807) is 18.5 Å². The van der Waals surface area contributed by atoms with Gasteiger partial charge in [0.25, 0.3) is 0 Å². The molecule has 0 spiro atoms. The number of aromatic nitrogens is 6. The molecule has 1 aromatic carbocycles. The summed E-state index contributed by atoms with van der Waals surface area (Å²) in [5.41, 5.74) is 3.69. The molecule has 1 saturated heterocycles. The average Bonchev–Trinajstić information content (AvgIpc) is 3.39. The van der Waals surface area contributed by atoms with E-state index in [0.29, 0.717) is 23.8 Å². The summed E-state index contributed by atoms with van der Waals surface area (Å²) in [7, 11) is 0. The Kier molecular flexibility index (Phi) is 6.21. The van der Waals surface area contributed by atoms with Gasteiger partial charge in [-0.05, 0) is 64.3 Å². The van der Waals surface area contributed by atoms with Gasteiger partial charge in [0.05, 0.1) is 23.5 Å². The lowest BCUT2D eigenvalue weighted by Gasteiger charge is -2.23. The molecule has 3 aromatic heterocycles. The third kappa shape index (κ3) is 4.61. The molecule has 35 heavy (non-hydrogen) atoms. The predicted octanol–water partition coefficient (Wildman–Crippen LogP) is 4.24. The highest BCUT2D eigenvalue weighted by Gasteiger charge is 2.24. The molecular formula is C25H28N6O4. The number of nitrogens with zero attached hydrogens (tertiary/aromatic N) is 6. The molecule has 5 rings (SSSR count). The summed E-state index contributed by atoms with van der Waals surface area (Å²) < 4.78 is 15.3. The summed E-state index contributed by atoms with van der Waals surface area (Å²) in [5.74, 6) is 0.265. The Bertz CT molecular complexity index is 1370. The Morgan fingerprint density at radius 1 is 1.29 bits per heavy atom. The van der Waals surface area contributed by atoms with Gasteiger partial charge in [0.1, 0.15) is 18.0 Å². The molecule has 182 valence electrons. The maximum absolute atomic E-state index is 11.1.